The van der Waals surface area contributed by atoms with E-state index in [1.54, 1.807) is 31.3 Å². The lowest BCUT2D eigenvalue weighted by atomic mass is 9.85. The van der Waals surface area contributed by atoms with Gasteiger partial charge in [0.05, 0.1) is 21.0 Å². The van der Waals surface area contributed by atoms with E-state index in [1.807, 2.05) is 0 Å². The van der Waals surface area contributed by atoms with Gasteiger partial charge in [-0.05, 0) is 35.4 Å². The van der Waals surface area contributed by atoms with Crippen molar-refractivity contribution in [1.82, 2.24) is 4.90 Å². The minimum Gasteiger partial charge on any atom is -0.334 e. The van der Waals surface area contributed by atoms with Crippen LogP contribution in [0.5, 0.6) is 0 Å². The normalized spacial score (nSPS) is 17.7. The van der Waals surface area contributed by atoms with Crippen molar-refractivity contribution in [3.05, 3.63) is 63.1 Å². The van der Waals surface area contributed by atoms with Crippen molar-refractivity contribution < 1.29 is 18.0 Å². The summed E-state index contributed by atoms with van der Waals surface area (Å²) in [7, 11) is -1.79. The summed E-state index contributed by atoms with van der Waals surface area (Å²) in [6, 6.07) is 9.25. The fraction of sp³-hybridized carbons (Fsp3) is 0.263. The number of amides is 1. The minimum absolute atomic E-state index is 0.0881. The van der Waals surface area contributed by atoms with E-state index in [9.17, 15) is 18.0 Å². The van der Waals surface area contributed by atoms with Gasteiger partial charge in [-0.2, -0.15) is 0 Å². The molecule has 2 aromatic carbocycles. The van der Waals surface area contributed by atoms with Gasteiger partial charge >= 0.3 is 0 Å². The number of aldehydes is 1. The number of carbonyl (C=O) groups is 2. The zero-order chi connectivity index (χ0) is 19.9. The van der Waals surface area contributed by atoms with Gasteiger partial charge in [0.1, 0.15) is 6.29 Å². The molecule has 0 saturated heterocycles. The monoisotopic (exact) mass is 425 g/mol. The third kappa shape index (κ3) is 3.61. The molecule has 0 N–H and O–H groups in total. The summed E-state index contributed by atoms with van der Waals surface area (Å²) in [4.78, 5) is 25.7. The van der Waals surface area contributed by atoms with Crippen LogP contribution in [0.3, 0.4) is 0 Å². The highest BCUT2D eigenvalue weighted by molar-refractivity contribution is 7.90. The van der Waals surface area contributed by atoms with Gasteiger partial charge in [0.2, 0.25) is 0 Å². The zero-order valence-electron chi connectivity index (χ0n) is 14.6. The van der Waals surface area contributed by atoms with Gasteiger partial charge in [-0.1, -0.05) is 35.3 Å². The van der Waals surface area contributed by atoms with E-state index in [0.29, 0.717) is 21.2 Å². The summed E-state index contributed by atoms with van der Waals surface area (Å²) in [5.74, 6) is -0.618. The van der Waals surface area contributed by atoms with Crippen LogP contribution in [0.15, 0.2) is 41.3 Å². The SMILES string of the molecule is CN1C(=O)c2cc(S(C)(=O)=O)ccc2C1C(CC=O)c1ccc(Cl)c(Cl)c1. The summed E-state index contributed by atoms with van der Waals surface area (Å²) in [5.41, 5.74) is 1.80. The van der Waals surface area contributed by atoms with E-state index in [1.165, 1.54) is 17.0 Å². The number of hydrogen-bond acceptors (Lipinski definition) is 4. The molecular formula is C19H17Cl2NO4S. The average Bonchev–Trinajstić information content (AvgIpc) is 2.85. The van der Waals surface area contributed by atoms with Gasteiger partial charge in [0.15, 0.2) is 9.84 Å². The van der Waals surface area contributed by atoms with Crippen LogP contribution in [0.1, 0.15) is 39.9 Å². The summed E-state index contributed by atoms with van der Waals surface area (Å²) in [6.07, 6.45) is 2.07. The van der Waals surface area contributed by atoms with Crippen molar-refractivity contribution in [2.24, 2.45) is 0 Å². The van der Waals surface area contributed by atoms with Crippen LogP contribution >= 0.6 is 23.2 Å². The van der Waals surface area contributed by atoms with E-state index >= 15 is 0 Å². The quantitative estimate of drug-likeness (QED) is 0.680. The second-order valence-corrected chi connectivity index (χ2v) is 9.39. The molecule has 0 saturated carbocycles. The Labute approximate surface area is 167 Å². The molecule has 1 aliphatic rings. The van der Waals surface area contributed by atoms with Crippen molar-refractivity contribution >= 4 is 45.2 Å². The second kappa shape index (κ2) is 7.26. The maximum Gasteiger partial charge on any atom is 0.254 e. The van der Waals surface area contributed by atoms with Crippen molar-refractivity contribution in [2.45, 2.75) is 23.3 Å². The van der Waals surface area contributed by atoms with Crippen LogP contribution in [0.4, 0.5) is 0 Å². The Morgan fingerprint density at radius 2 is 1.85 bits per heavy atom. The molecule has 3 rings (SSSR count). The predicted octanol–water partition coefficient (Wildman–Crippen LogP) is 3.90. The third-order valence-corrected chi connectivity index (χ3v) is 6.69. The van der Waals surface area contributed by atoms with Crippen LogP contribution in [-0.4, -0.2) is 38.8 Å². The lowest BCUT2D eigenvalue weighted by molar-refractivity contribution is -0.108. The van der Waals surface area contributed by atoms with Gasteiger partial charge in [-0.25, -0.2) is 8.42 Å². The molecular weight excluding hydrogens is 409 g/mol. The number of hydrogen-bond donors (Lipinski definition) is 0. The first-order valence-electron chi connectivity index (χ1n) is 8.15. The molecule has 2 unspecified atom stereocenters. The fourth-order valence-corrected chi connectivity index (χ4v) is 4.47. The molecule has 0 fully saturated rings. The standard InChI is InChI=1S/C19H17Cl2NO4S/c1-22-18(13(7-8-23)11-3-6-16(20)17(21)9-11)14-5-4-12(27(2,25)26)10-15(14)19(22)24/h3-6,8-10,13,18H,7H2,1-2H3. The highest BCUT2D eigenvalue weighted by atomic mass is 35.5. The topological polar surface area (TPSA) is 71.5 Å². The van der Waals surface area contributed by atoms with Crippen molar-refractivity contribution in [2.75, 3.05) is 13.3 Å². The minimum atomic E-state index is -3.43. The maximum absolute atomic E-state index is 12.7. The van der Waals surface area contributed by atoms with Crippen LogP contribution in [-0.2, 0) is 14.6 Å². The Morgan fingerprint density at radius 1 is 1.15 bits per heavy atom. The number of rotatable bonds is 5. The van der Waals surface area contributed by atoms with Crippen molar-refractivity contribution in [3.63, 3.8) is 0 Å². The van der Waals surface area contributed by atoms with E-state index in [0.717, 1.165) is 18.1 Å². The lowest BCUT2D eigenvalue weighted by Gasteiger charge is -2.29. The molecule has 2 aromatic rings. The Balaban J connectivity index is 2.13. The molecule has 0 aromatic heterocycles. The largest absolute Gasteiger partial charge is 0.334 e. The van der Waals surface area contributed by atoms with E-state index in [2.05, 4.69) is 0 Å². The molecule has 5 nitrogen and oxygen atoms in total. The zero-order valence-corrected chi connectivity index (χ0v) is 17.0. The van der Waals surface area contributed by atoms with E-state index < -0.39 is 15.9 Å². The first-order valence-corrected chi connectivity index (χ1v) is 10.8. The van der Waals surface area contributed by atoms with Gasteiger partial charge in [0.25, 0.3) is 5.91 Å². The number of likely N-dealkylation sites (N-methyl/N-ethyl adjacent to an activating group) is 1. The van der Waals surface area contributed by atoms with E-state index in [-0.39, 0.29) is 23.1 Å². The lowest BCUT2D eigenvalue weighted by Crippen LogP contribution is -2.28. The fourth-order valence-electron chi connectivity index (χ4n) is 3.51. The Bertz CT molecular complexity index is 1040. The van der Waals surface area contributed by atoms with Crippen LogP contribution in [0.2, 0.25) is 10.0 Å². The number of carbonyl (C=O) groups excluding carboxylic acids is 2. The average molecular weight is 426 g/mol. The molecule has 8 heteroatoms. The molecule has 1 aliphatic heterocycles. The van der Waals surface area contributed by atoms with Crippen molar-refractivity contribution in [3.8, 4) is 0 Å². The smallest absolute Gasteiger partial charge is 0.254 e. The second-order valence-electron chi connectivity index (χ2n) is 6.56. The van der Waals surface area contributed by atoms with Crippen LogP contribution in [0, 0.1) is 0 Å². The molecule has 0 aliphatic carbocycles. The van der Waals surface area contributed by atoms with Gasteiger partial charge in [-0.15, -0.1) is 0 Å². The molecule has 142 valence electrons. The molecule has 0 spiro atoms. The number of nitrogens with zero attached hydrogens (tertiary/aromatic N) is 1. The highest BCUT2D eigenvalue weighted by Gasteiger charge is 2.40. The molecule has 0 radical (unpaired) electrons. The first-order chi connectivity index (χ1) is 12.6. The summed E-state index contributed by atoms with van der Waals surface area (Å²) < 4.78 is 23.7. The number of fused-ring (bicyclic) bond motifs is 1. The number of halogens is 2. The van der Waals surface area contributed by atoms with Gasteiger partial charge in [-0.3, -0.25) is 4.79 Å². The van der Waals surface area contributed by atoms with E-state index in [4.69, 9.17) is 23.2 Å². The molecule has 1 amide bonds. The number of benzene rings is 2. The van der Waals surface area contributed by atoms with Crippen LogP contribution in [0.25, 0.3) is 0 Å². The Hall–Kier alpha value is -1.89. The molecule has 1 heterocycles. The maximum atomic E-state index is 12.7. The Morgan fingerprint density at radius 3 is 2.44 bits per heavy atom. The summed E-state index contributed by atoms with van der Waals surface area (Å²) in [5, 5.41) is 0.768. The predicted molar refractivity (Wildman–Crippen MR) is 104 cm³/mol. The molecule has 2 atom stereocenters. The first kappa shape index (κ1) is 19.9. The summed E-state index contributed by atoms with van der Waals surface area (Å²) >= 11 is 12.1. The Kier molecular flexibility index (Phi) is 5.34. The molecule has 27 heavy (non-hydrogen) atoms. The molecule has 0 bridgehead atoms. The highest BCUT2D eigenvalue weighted by Crippen LogP contribution is 2.45. The number of sulfone groups is 1. The third-order valence-electron chi connectivity index (χ3n) is 4.84. The van der Waals surface area contributed by atoms with Crippen LogP contribution < -0.4 is 0 Å². The van der Waals surface area contributed by atoms with Crippen molar-refractivity contribution in [1.29, 1.82) is 0 Å². The summed E-state index contributed by atoms with van der Waals surface area (Å²) in [6.45, 7) is 0. The van der Waals surface area contributed by atoms with Gasteiger partial charge < -0.3 is 9.69 Å². The van der Waals surface area contributed by atoms with Gasteiger partial charge in [0, 0.05) is 31.2 Å².